The van der Waals surface area contributed by atoms with Crippen LogP contribution in [0.2, 0.25) is 25.7 Å². The second-order valence-electron chi connectivity index (χ2n) is 4.87. The third-order valence-electron chi connectivity index (χ3n) is 2.14. The van der Waals surface area contributed by atoms with Crippen molar-refractivity contribution < 1.29 is 4.74 Å². The number of rotatable bonds is 6. The first-order valence-corrected chi connectivity index (χ1v) is 9.00. The van der Waals surface area contributed by atoms with Crippen molar-refractivity contribution in [1.82, 2.24) is 9.78 Å². The van der Waals surface area contributed by atoms with E-state index >= 15 is 0 Å². The quantitative estimate of drug-likeness (QED) is 0.598. The molecule has 15 heavy (non-hydrogen) atoms. The van der Waals surface area contributed by atoms with Gasteiger partial charge in [-0.05, 0) is 6.04 Å². The molecule has 1 aromatic rings. The Bertz CT molecular complexity index is 293. The van der Waals surface area contributed by atoms with Crippen LogP contribution < -0.4 is 5.32 Å². The molecule has 0 radical (unpaired) electrons. The molecule has 0 amide bonds. The highest BCUT2D eigenvalue weighted by Gasteiger charge is 2.11. The number of nitrogens with one attached hydrogen (secondary N) is 1. The summed E-state index contributed by atoms with van der Waals surface area (Å²) in [4.78, 5) is 0. The van der Waals surface area contributed by atoms with E-state index in [2.05, 4.69) is 30.1 Å². The maximum absolute atomic E-state index is 5.56. The van der Waals surface area contributed by atoms with Gasteiger partial charge in [-0.2, -0.15) is 5.10 Å². The summed E-state index contributed by atoms with van der Waals surface area (Å²) in [6.45, 7) is 8.44. The number of aromatic nitrogens is 2. The summed E-state index contributed by atoms with van der Waals surface area (Å²) in [7, 11) is 0.918. The van der Waals surface area contributed by atoms with Crippen molar-refractivity contribution in [3.63, 3.8) is 0 Å². The number of hydrogen-bond acceptors (Lipinski definition) is 3. The lowest BCUT2D eigenvalue weighted by Gasteiger charge is -2.15. The van der Waals surface area contributed by atoms with Gasteiger partial charge in [0.15, 0.2) is 0 Å². The van der Waals surface area contributed by atoms with Gasteiger partial charge in [-0.25, -0.2) is 4.68 Å². The fraction of sp³-hybridized carbons (Fsp3) is 0.700. The summed E-state index contributed by atoms with van der Waals surface area (Å²) < 4.78 is 7.36. The van der Waals surface area contributed by atoms with Gasteiger partial charge in [0.05, 0.1) is 18.1 Å². The largest absolute Gasteiger partial charge is 0.386 e. The van der Waals surface area contributed by atoms with Crippen molar-refractivity contribution >= 4 is 13.8 Å². The monoisotopic (exact) mass is 227 g/mol. The van der Waals surface area contributed by atoms with Crippen molar-refractivity contribution in [3.05, 3.63) is 12.4 Å². The Balaban J connectivity index is 2.20. The van der Waals surface area contributed by atoms with Gasteiger partial charge in [0, 0.05) is 21.7 Å². The van der Waals surface area contributed by atoms with Crippen LogP contribution >= 0.6 is 0 Å². The molecule has 0 bridgehead atoms. The van der Waals surface area contributed by atoms with Crippen molar-refractivity contribution in [2.45, 2.75) is 32.4 Å². The molecule has 0 aliphatic rings. The van der Waals surface area contributed by atoms with Gasteiger partial charge in [0.25, 0.3) is 0 Å². The van der Waals surface area contributed by atoms with E-state index in [1.807, 2.05) is 13.2 Å². The molecule has 1 heterocycles. The van der Waals surface area contributed by atoms with Crippen molar-refractivity contribution in [3.8, 4) is 0 Å². The van der Waals surface area contributed by atoms with Crippen LogP contribution in [0, 0.1) is 0 Å². The van der Waals surface area contributed by atoms with Gasteiger partial charge >= 0.3 is 0 Å². The van der Waals surface area contributed by atoms with Gasteiger partial charge < -0.3 is 10.1 Å². The molecule has 0 unspecified atom stereocenters. The molecule has 0 saturated carbocycles. The molecule has 0 aliphatic heterocycles. The minimum atomic E-state index is -0.964. The van der Waals surface area contributed by atoms with Crippen LogP contribution in [-0.2, 0) is 11.5 Å². The lowest BCUT2D eigenvalue weighted by molar-refractivity contribution is 0.0786. The normalized spacial score (nSPS) is 11.7. The summed E-state index contributed by atoms with van der Waals surface area (Å²) in [5.41, 5.74) is 1.02. The van der Waals surface area contributed by atoms with E-state index < -0.39 is 8.07 Å². The maximum atomic E-state index is 5.56. The summed E-state index contributed by atoms with van der Waals surface area (Å²) in [5.74, 6) is 0. The summed E-state index contributed by atoms with van der Waals surface area (Å²) in [5, 5.41) is 7.19. The molecule has 1 aromatic heterocycles. The van der Waals surface area contributed by atoms with E-state index in [4.69, 9.17) is 4.74 Å². The smallest absolute Gasteiger partial charge is 0.139 e. The minimum absolute atomic E-state index is 0.548. The molecule has 5 heteroatoms. The third kappa shape index (κ3) is 4.99. The Morgan fingerprint density at radius 3 is 2.73 bits per heavy atom. The third-order valence-corrected chi connectivity index (χ3v) is 3.85. The van der Waals surface area contributed by atoms with Crippen LogP contribution in [0.4, 0.5) is 5.69 Å². The lowest BCUT2D eigenvalue weighted by atomic mass is 10.6. The van der Waals surface area contributed by atoms with Crippen molar-refractivity contribution in [1.29, 1.82) is 0 Å². The molecule has 0 saturated heterocycles. The molecule has 4 nitrogen and oxygen atoms in total. The zero-order valence-corrected chi connectivity index (χ0v) is 11.1. The van der Waals surface area contributed by atoms with Crippen LogP contribution in [0.1, 0.15) is 0 Å². The van der Waals surface area contributed by atoms with E-state index in [9.17, 15) is 0 Å². The average Bonchev–Trinajstić information content (AvgIpc) is 2.59. The number of hydrogen-bond donors (Lipinski definition) is 1. The molecule has 0 aliphatic carbocycles. The summed E-state index contributed by atoms with van der Waals surface area (Å²) >= 11 is 0. The standard InChI is InChI=1S/C10H21N3OSi/c1-11-10-7-12-13(8-10)9-14-5-6-15(2,3)4/h7-8,11H,5-6,9H2,1-4H3. The Morgan fingerprint density at radius 2 is 2.20 bits per heavy atom. The highest BCUT2D eigenvalue weighted by Crippen LogP contribution is 2.08. The molecule has 1 N–H and O–H groups in total. The number of anilines is 1. The first kappa shape index (κ1) is 12.3. The zero-order chi connectivity index (χ0) is 11.3. The SMILES string of the molecule is CNc1cnn(COCC[Si](C)(C)C)c1. The first-order valence-electron chi connectivity index (χ1n) is 5.29. The van der Waals surface area contributed by atoms with E-state index in [0.717, 1.165) is 12.3 Å². The number of nitrogens with zero attached hydrogens (tertiary/aromatic N) is 2. The van der Waals surface area contributed by atoms with Gasteiger partial charge in [0.1, 0.15) is 6.73 Å². The van der Waals surface area contributed by atoms with Crippen molar-refractivity contribution in [2.75, 3.05) is 19.0 Å². The van der Waals surface area contributed by atoms with Crippen molar-refractivity contribution in [2.24, 2.45) is 0 Å². The van der Waals surface area contributed by atoms with Crippen LogP contribution in [-0.4, -0.2) is 31.5 Å². The molecule has 0 atom stereocenters. The van der Waals surface area contributed by atoms with Gasteiger partial charge in [0.2, 0.25) is 0 Å². The number of ether oxygens (including phenoxy) is 1. The highest BCUT2D eigenvalue weighted by molar-refractivity contribution is 6.76. The van der Waals surface area contributed by atoms with Gasteiger partial charge in [-0.1, -0.05) is 19.6 Å². The van der Waals surface area contributed by atoms with Crippen LogP contribution in [0.5, 0.6) is 0 Å². The molecule has 0 aromatic carbocycles. The molecular weight excluding hydrogens is 206 g/mol. The van der Waals surface area contributed by atoms with Crippen LogP contribution in [0.25, 0.3) is 0 Å². The molecule has 86 valence electrons. The van der Waals surface area contributed by atoms with E-state index in [1.165, 1.54) is 6.04 Å². The second-order valence-corrected chi connectivity index (χ2v) is 10.5. The van der Waals surface area contributed by atoms with E-state index in [1.54, 1.807) is 10.9 Å². The fourth-order valence-electron chi connectivity index (χ4n) is 1.10. The molecule has 0 spiro atoms. The summed E-state index contributed by atoms with van der Waals surface area (Å²) in [6.07, 6.45) is 3.73. The Hall–Kier alpha value is -0.813. The molecular formula is C10H21N3OSi. The molecule has 1 rings (SSSR count). The van der Waals surface area contributed by atoms with E-state index in [-0.39, 0.29) is 0 Å². The lowest BCUT2D eigenvalue weighted by Crippen LogP contribution is -2.22. The Morgan fingerprint density at radius 1 is 1.47 bits per heavy atom. The molecule has 0 fully saturated rings. The van der Waals surface area contributed by atoms with Crippen LogP contribution in [0.3, 0.4) is 0 Å². The summed E-state index contributed by atoms with van der Waals surface area (Å²) in [6, 6.07) is 1.20. The maximum Gasteiger partial charge on any atom is 0.139 e. The average molecular weight is 227 g/mol. The Kier molecular flexibility index (Phi) is 4.35. The predicted octanol–water partition coefficient (Wildman–Crippen LogP) is 2.24. The minimum Gasteiger partial charge on any atom is -0.386 e. The van der Waals surface area contributed by atoms with E-state index in [0.29, 0.717) is 6.73 Å². The highest BCUT2D eigenvalue weighted by atomic mass is 28.3. The Labute approximate surface area is 92.6 Å². The van der Waals surface area contributed by atoms with Gasteiger partial charge in [-0.15, -0.1) is 0 Å². The predicted molar refractivity (Wildman–Crippen MR) is 65.9 cm³/mol. The topological polar surface area (TPSA) is 39.1 Å². The fourth-order valence-corrected chi connectivity index (χ4v) is 1.86. The van der Waals surface area contributed by atoms with Crippen LogP contribution in [0.15, 0.2) is 12.4 Å². The first-order chi connectivity index (χ1) is 7.01. The van der Waals surface area contributed by atoms with Gasteiger partial charge in [-0.3, -0.25) is 0 Å². The second kappa shape index (κ2) is 5.32. The zero-order valence-electron chi connectivity index (χ0n) is 10.1.